The molecule has 0 N–H and O–H groups in total. The first kappa shape index (κ1) is 9.97. The van der Waals surface area contributed by atoms with Gasteiger partial charge in [-0.1, -0.05) is 0 Å². The molecule has 3 aliphatic rings. The Labute approximate surface area is 87.9 Å². The largest absolute Gasteiger partial charge is 0.348 e. The van der Waals surface area contributed by atoms with Gasteiger partial charge in [-0.05, 0) is 24.7 Å². The third-order valence-corrected chi connectivity index (χ3v) is 4.07. The number of rotatable bonds is 0. The van der Waals surface area contributed by atoms with Gasteiger partial charge in [0.05, 0.1) is 13.2 Å². The van der Waals surface area contributed by atoms with Crippen molar-refractivity contribution in [3.05, 3.63) is 0 Å². The monoisotopic (exact) mass is 218 g/mol. The highest BCUT2D eigenvalue weighted by atomic mass is 19.2. The standard InChI is InChI=1S/C11H16F2O2/c12-9-3-7-5-11(14-1-2-15-11)6-8(7)4-10(9)13/h7-10H,1-6H2/t7?,8?,9-,10+. The van der Waals surface area contributed by atoms with Crippen molar-refractivity contribution in [3.8, 4) is 0 Å². The van der Waals surface area contributed by atoms with E-state index in [-0.39, 0.29) is 11.8 Å². The number of alkyl halides is 2. The van der Waals surface area contributed by atoms with Gasteiger partial charge in [-0.15, -0.1) is 0 Å². The van der Waals surface area contributed by atoms with E-state index >= 15 is 0 Å². The molecule has 0 aromatic carbocycles. The van der Waals surface area contributed by atoms with E-state index in [0.717, 1.165) is 12.8 Å². The summed E-state index contributed by atoms with van der Waals surface area (Å²) < 4.78 is 37.7. The van der Waals surface area contributed by atoms with Crippen LogP contribution in [0, 0.1) is 11.8 Å². The topological polar surface area (TPSA) is 18.5 Å². The predicted molar refractivity (Wildman–Crippen MR) is 49.9 cm³/mol. The second-order valence-corrected chi connectivity index (χ2v) is 5.04. The van der Waals surface area contributed by atoms with Crippen LogP contribution in [0.3, 0.4) is 0 Å². The molecule has 1 aliphatic heterocycles. The summed E-state index contributed by atoms with van der Waals surface area (Å²) in [6.07, 6.45) is -0.346. The van der Waals surface area contributed by atoms with Crippen molar-refractivity contribution in [3.63, 3.8) is 0 Å². The molecule has 2 nitrogen and oxygen atoms in total. The van der Waals surface area contributed by atoms with Crippen LogP contribution >= 0.6 is 0 Å². The van der Waals surface area contributed by atoms with Crippen molar-refractivity contribution in [1.29, 1.82) is 0 Å². The first-order chi connectivity index (χ1) is 7.19. The van der Waals surface area contributed by atoms with Crippen LogP contribution in [-0.2, 0) is 9.47 Å². The second kappa shape index (κ2) is 3.39. The SMILES string of the molecule is F[C@@H]1CC2CC3(CC2C[C@@H]1F)OCCO3. The molecular formula is C11H16F2O2. The lowest BCUT2D eigenvalue weighted by molar-refractivity contribution is -0.154. The minimum atomic E-state index is -1.28. The Hall–Kier alpha value is -0.220. The summed E-state index contributed by atoms with van der Waals surface area (Å²) in [6, 6.07) is 0. The predicted octanol–water partition coefficient (Wildman–Crippen LogP) is 2.23. The van der Waals surface area contributed by atoms with Crippen LogP contribution in [0.5, 0.6) is 0 Å². The fraction of sp³-hybridized carbons (Fsp3) is 1.00. The summed E-state index contributed by atoms with van der Waals surface area (Å²) in [5.41, 5.74) is 0. The molecule has 1 saturated heterocycles. The summed E-state index contributed by atoms with van der Waals surface area (Å²) >= 11 is 0. The smallest absolute Gasteiger partial charge is 0.169 e. The Bertz CT molecular complexity index is 233. The molecule has 2 saturated carbocycles. The molecule has 86 valence electrons. The van der Waals surface area contributed by atoms with Gasteiger partial charge in [-0.3, -0.25) is 0 Å². The van der Waals surface area contributed by atoms with Crippen molar-refractivity contribution in [2.24, 2.45) is 11.8 Å². The van der Waals surface area contributed by atoms with Crippen LogP contribution in [-0.4, -0.2) is 31.3 Å². The van der Waals surface area contributed by atoms with E-state index in [1.807, 2.05) is 0 Å². The van der Waals surface area contributed by atoms with E-state index in [0.29, 0.717) is 26.1 Å². The zero-order valence-corrected chi connectivity index (χ0v) is 8.62. The van der Waals surface area contributed by atoms with Gasteiger partial charge in [0.1, 0.15) is 12.3 Å². The van der Waals surface area contributed by atoms with E-state index in [1.165, 1.54) is 0 Å². The van der Waals surface area contributed by atoms with Gasteiger partial charge in [0.15, 0.2) is 5.79 Å². The van der Waals surface area contributed by atoms with E-state index < -0.39 is 18.1 Å². The van der Waals surface area contributed by atoms with Crippen LogP contribution in [0.1, 0.15) is 25.7 Å². The Morgan fingerprint density at radius 2 is 1.33 bits per heavy atom. The summed E-state index contributed by atoms with van der Waals surface area (Å²) in [5, 5.41) is 0. The lowest BCUT2D eigenvalue weighted by Gasteiger charge is -2.29. The fourth-order valence-corrected chi connectivity index (χ4v) is 3.37. The van der Waals surface area contributed by atoms with Crippen molar-refractivity contribution in [2.45, 2.75) is 43.8 Å². The zero-order valence-electron chi connectivity index (χ0n) is 8.62. The Balaban J connectivity index is 1.73. The third-order valence-electron chi connectivity index (χ3n) is 4.07. The van der Waals surface area contributed by atoms with Gasteiger partial charge in [-0.2, -0.15) is 0 Å². The number of hydrogen-bond donors (Lipinski definition) is 0. The zero-order chi connectivity index (χ0) is 10.5. The fourth-order valence-electron chi connectivity index (χ4n) is 3.37. The Morgan fingerprint density at radius 1 is 0.867 bits per heavy atom. The molecule has 0 aromatic heterocycles. The second-order valence-electron chi connectivity index (χ2n) is 5.04. The quantitative estimate of drug-likeness (QED) is 0.620. The molecule has 0 bridgehead atoms. The van der Waals surface area contributed by atoms with Crippen molar-refractivity contribution < 1.29 is 18.3 Å². The summed E-state index contributed by atoms with van der Waals surface area (Å²) in [6.45, 7) is 1.25. The van der Waals surface area contributed by atoms with E-state index in [4.69, 9.17) is 9.47 Å². The molecular weight excluding hydrogens is 202 g/mol. The molecule has 4 heteroatoms. The normalized spacial score (nSPS) is 48.4. The first-order valence-corrected chi connectivity index (χ1v) is 5.75. The van der Waals surface area contributed by atoms with Crippen LogP contribution in [0.15, 0.2) is 0 Å². The third kappa shape index (κ3) is 1.58. The molecule has 2 unspecified atom stereocenters. The molecule has 2 aliphatic carbocycles. The average molecular weight is 218 g/mol. The number of halogens is 2. The molecule has 3 rings (SSSR count). The molecule has 1 heterocycles. The maximum atomic E-state index is 13.2. The minimum Gasteiger partial charge on any atom is -0.348 e. The average Bonchev–Trinajstić information content (AvgIpc) is 2.75. The van der Waals surface area contributed by atoms with Gasteiger partial charge in [0.25, 0.3) is 0 Å². The Morgan fingerprint density at radius 3 is 1.80 bits per heavy atom. The number of ether oxygens (including phenoxy) is 2. The van der Waals surface area contributed by atoms with E-state index in [9.17, 15) is 8.78 Å². The van der Waals surface area contributed by atoms with Crippen LogP contribution < -0.4 is 0 Å². The van der Waals surface area contributed by atoms with E-state index in [1.54, 1.807) is 0 Å². The summed E-state index contributed by atoms with van der Waals surface area (Å²) in [4.78, 5) is 0. The summed E-state index contributed by atoms with van der Waals surface area (Å²) in [5.74, 6) is 0.0225. The highest BCUT2D eigenvalue weighted by Crippen LogP contribution is 2.51. The van der Waals surface area contributed by atoms with Crippen molar-refractivity contribution in [1.82, 2.24) is 0 Å². The van der Waals surface area contributed by atoms with Gasteiger partial charge < -0.3 is 9.47 Å². The lowest BCUT2D eigenvalue weighted by Crippen LogP contribution is -2.31. The molecule has 0 aromatic rings. The highest BCUT2D eigenvalue weighted by Gasteiger charge is 2.53. The van der Waals surface area contributed by atoms with Crippen molar-refractivity contribution >= 4 is 0 Å². The highest BCUT2D eigenvalue weighted by molar-refractivity contribution is 4.97. The van der Waals surface area contributed by atoms with Gasteiger partial charge in [0.2, 0.25) is 0 Å². The molecule has 15 heavy (non-hydrogen) atoms. The molecule has 4 atom stereocenters. The molecule has 1 spiro atoms. The lowest BCUT2D eigenvalue weighted by atomic mass is 9.80. The van der Waals surface area contributed by atoms with E-state index in [2.05, 4.69) is 0 Å². The molecule has 3 fully saturated rings. The Kier molecular flexibility index (Phi) is 2.25. The van der Waals surface area contributed by atoms with Crippen molar-refractivity contribution in [2.75, 3.05) is 13.2 Å². The van der Waals surface area contributed by atoms with Gasteiger partial charge in [-0.25, -0.2) is 8.78 Å². The van der Waals surface area contributed by atoms with Crippen LogP contribution in [0.25, 0.3) is 0 Å². The molecule has 0 radical (unpaired) electrons. The van der Waals surface area contributed by atoms with Gasteiger partial charge >= 0.3 is 0 Å². The van der Waals surface area contributed by atoms with Crippen LogP contribution in [0.2, 0.25) is 0 Å². The maximum absolute atomic E-state index is 13.2. The van der Waals surface area contributed by atoms with Gasteiger partial charge in [0, 0.05) is 12.8 Å². The first-order valence-electron chi connectivity index (χ1n) is 5.75. The minimum absolute atomic E-state index is 0.255. The number of fused-ring (bicyclic) bond motifs is 1. The maximum Gasteiger partial charge on any atom is 0.169 e. The number of hydrogen-bond acceptors (Lipinski definition) is 2. The molecule has 0 amide bonds. The summed E-state index contributed by atoms with van der Waals surface area (Å²) in [7, 11) is 0. The van der Waals surface area contributed by atoms with Crippen LogP contribution in [0.4, 0.5) is 8.78 Å².